The highest BCUT2D eigenvalue weighted by molar-refractivity contribution is 5.84. The van der Waals surface area contributed by atoms with E-state index in [0.29, 0.717) is 0 Å². The average Bonchev–Trinajstić information content (AvgIpc) is 2.51. The lowest BCUT2D eigenvalue weighted by atomic mass is 9.93. The molecule has 0 fully saturated rings. The predicted octanol–water partition coefficient (Wildman–Crippen LogP) is -3.56. The van der Waals surface area contributed by atoms with Crippen molar-refractivity contribution in [3.05, 3.63) is 11.8 Å². The molecule has 136 valence electrons. The fraction of sp³-hybridized carbons (Fsp3) is 0.615. The van der Waals surface area contributed by atoms with Gasteiger partial charge in [0.2, 0.25) is 17.6 Å². The van der Waals surface area contributed by atoms with E-state index < -0.39 is 67.2 Å². The Kier molecular flexibility index (Phi) is 7.10. The normalized spacial score (nSPS) is 25.8. The van der Waals surface area contributed by atoms with E-state index >= 15 is 0 Å². The summed E-state index contributed by atoms with van der Waals surface area (Å²) in [4.78, 5) is 33.4. The molecule has 11 nitrogen and oxygen atoms in total. The van der Waals surface area contributed by atoms with Gasteiger partial charge >= 0.3 is 5.97 Å². The van der Waals surface area contributed by atoms with Crippen molar-refractivity contribution in [2.45, 2.75) is 37.4 Å². The molecule has 2 amide bonds. The first-order valence-corrected chi connectivity index (χ1v) is 6.93. The summed E-state index contributed by atoms with van der Waals surface area (Å²) in [6.45, 7) is -0.240. The maximum Gasteiger partial charge on any atom is 0.370 e. The van der Waals surface area contributed by atoms with Crippen LogP contribution in [0.1, 0.15) is 6.92 Å². The number of nitrogens with one attached hydrogen (secondary N) is 1. The number of rotatable bonds is 8. The maximum absolute atomic E-state index is 11.4. The second kappa shape index (κ2) is 8.59. The van der Waals surface area contributed by atoms with Crippen molar-refractivity contribution in [1.29, 1.82) is 0 Å². The molecule has 0 aliphatic carbocycles. The molecule has 0 aromatic rings. The minimum Gasteiger partial charge on any atom is -0.478 e. The van der Waals surface area contributed by atoms with Crippen molar-refractivity contribution in [2.24, 2.45) is 5.73 Å². The number of primary amides is 1. The molecule has 0 aromatic carbocycles. The third-order valence-corrected chi connectivity index (χ3v) is 3.20. The summed E-state index contributed by atoms with van der Waals surface area (Å²) in [7, 11) is 0. The second-order valence-electron chi connectivity index (χ2n) is 5.13. The monoisotopic (exact) mass is 348 g/mol. The van der Waals surface area contributed by atoms with E-state index in [9.17, 15) is 24.6 Å². The molecule has 0 spiro atoms. The highest BCUT2D eigenvalue weighted by Crippen LogP contribution is 2.24. The fourth-order valence-corrected chi connectivity index (χ4v) is 2.16. The van der Waals surface area contributed by atoms with Crippen molar-refractivity contribution in [3.8, 4) is 0 Å². The van der Waals surface area contributed by atoms with Crippen LogP contribution in [0.5, 0.6) is 0 Å². The summed E-state index contributed by atoms with van der Waals surface area (Å²) in [5.41, 5.74) is 4.97. The van der Waals surface area contributed by atoms with Crippen LogP contribution in [0.3, 0.4) is 0 Å². The molecule has 0 saturated carbocycles. The molecule has 1 rings (SSSR count). The van der Waals surface area contributed by atoms with Gasteiger partial charge in [0.05, 0.1) is 12.6 Å². The smallest absolute Gasteiger partial charge is 0.370 e. The highest BCUT2D eigenvalue weighted by Gasteiger charge is 2.44. The van der Waals surface area contributed by atoms with Gasteiger partial charge in [0.15, 0.2) is 6.10 Å². The number of amides is 2. The van der Waals surface area contributed by atoms with E-state index in [4.69, 9.17) is 25.4 Å². The van der Waals surface area contributed by atoms with E-state index in [1.54, 1.807) is 0 Å². The number of aliphatic hydroxyl groups is 3. The van der Waals surface area contributed by atoms with Gasteiger partial charge in [0.25, 0.3) is 0 Å². The molecule has 11 heteroatoms. The van der Waals surface area contributed by atoms with Crippen LogP contribution < -0.4 is 11.1 Å². The molecule has 5 atom stereocenters. The van der Waals surface area contributed by atoms with Gasteiger partial charge in [0.1, 0.15) is 24.9 Å². The summed E-state index contributed by atoms with van der Waals surface area (Å²) in [5.74, 6) is -3.49. The van der Waals surface area contributed by atoms with Crippen molar-refractivity contribution in [2.75, 3.05) is 13.2 Å². The predicted molar refractivity (Wildman–Crippen MR) is 76.2 cm³/mol. The number of hydrogen-bond acceptors (Lipinski definition) is 8. The Morgan fingerprint density at radius 1 is 1.42 bits per heavy atom. The molecule has 0 radical (unpaired) electrons. The Hall–Kier alpha value is -2.21. The van der Waals surface area contributed by atoms with Crippen molar-refractivity contribution < 1.29 is 44.3 Å². The third kappa shape index (κ3) is 5.16. The van der Waals surface area contributed by atoms with Crippen molar-refractivity contribution in [3.63, 3.8) is 0 Å². The lowest BCUT2D eigenvalue weighted by Gasteiger charge is -2.39. The quantitative estimate of drug-likeness (QED) is 0.258. The average molecular weight is 348 g/mol. The Morgan fingerprint density at radius 3 is 2.50 bits per heavy atom. The number of hydrogen-bond donors (Lipinski definition) is 6. The fourth-order valence-electron chi connectivity index (χ4n) is 2.16. The Morgan fingerprint density at radius 2 is 2.04 bits per heavy atom. The summed E-state index contributed by atoms with van der Waals surface area (Å²) in [5, 5.41) is 40.1. The van der Waals surface area contributed by atoms with Gasteiger partial charge in [0, 0.05) is 6.92 Å². The van der Waals surface area contributed by atoms with Gasteiger partial charge in [-0.15, -0.1) is 0 Å². The van der Waals surface area contributed by atoms with Crippen LogP contribution in [0.15, 0.2) is 11.8 Å². The first-order chi connectivity index (χ1) is 11.2. The summed E-state index contributed by atoms with van der Waals surface area (Å²) in [6.07, 6.45) is -5.02. The van der Waals surface area contributed by atoms with E-state index in [1.807, 2.05) is 0 Å². The topological polar surface area (TPSA) is 189 Å². The van der Waals surface area contributed by atoms with Crippen LogP contribution in [-0.4, -0.2) is 81.9 Å². The number of aliphatic carboxylic acids is 1. The number of aliphatic hydroxyl groups excluding tert-OH is 3. The van der Waals surface area contributed by atoms with Gasteiger partial charge in [-0.25, -0.2) is 4.79 Å². The molecule has 1 aliphatic heterocycles. The summed E-state index contributed by atoms with van der Waals surface area (Å²) >= 11 is 0. The number of nitrogens with two attached hydrogens (primary N) is 1. The Balaban J connectivity index is 3.17. The molecule has 1 aliphatic rings. The SMILES string of the molecule is CC(=O)N[C@H]1[C@H]([C@H](O)[C@H](O)CO)OC(C(=O)O)=C[C@@H]1OCC(N)=O. The molecule has 24 heavy (non-hydrogen) atoms. The summed E-state index contributed by atoms with van der Waals surface area (Å²) < 4.78 is 10.3. The molecule has 0 aromatic heterocycles. The Bertz CT molecular complexity index is 522. The lowest BCUT2D eigenvalue weighted by Crippen LogP contribution is -2.60. The molecular weight excluding hydrogens is 328 g/mol. The Labute approximate surface area is 136 Å². The van der Waals surface area contributed by atoms with Crippen LogP contribution in [0.4, 0.5) is 0 Å². The highest BCUT2D eigenvalue weighted by atomic mass is 16.5. The van der Waals surface area contributed by atoms with Crippen LogP contribution >= 0.6 is 0 Å². The van der Waals surface area contributed by atoms with Gasteiger partial charge in [-0.1, -0.05) is 0 Å². The molecule has 0 saturated heterocycles. The largest absolute Gasteiger partial charge is 0.478 e. The first-order valence-electron chi connectivity index (χ1n) is 6.93. The van der Waals surface area contributed by atoms with Gasteiger partial charge in [-0.2, -0.15) is 0 Å². The van der Waals surface area contributed by atoms with Crippen LogP contribution in [-0.2, 0) is 23.9 Å². The van der Waals surface area contributed by atoms with Crippen molar-refractivity contribution in [1.82, 2.24) is 5.32 Å². The zero-order valence-corrected chi connectivity index (χ0v) is 12.8. The minimum absolute atomic E-state index is 0.556. The zero-order valence-electron chi connectivity index (χ0n) is 12.8. The minimum atomic E-state index is -1.74. The molecule has 1 heterocycles. The number of carbonyl (C=O) groups is 3. The number of carboxylic acid groups (broad SMARTS) is 1. The van der Waals surface area contributed by atoms with Gasteiger partial charge in [-0.05, 0) is 6.08 Å². The lowest BCUT2D eigenvalue weighted by molar-refractivity contribution is -0.152. The van der Waals surface area contributed by atoms with E-state index in [2.05, 4.69) is 5.32 Å². The molecule has 0 unspecified atom stereocenters. The number of carbonyl (C=O) groups excluding carboxylic acids is 2. The standard InChI is InChI=1S/C13H20N2O9/c1-5(17)15-10-7(23-4-9(14)19)2-8(13(21)22)24-12(10)11(20)6(18)3-16/h2,6-7,10-12,16,18,20H,3-4H2,1H3,(H2,14,19)(H,15,17)(H,21,22)/t6-,7+,10-,11-,12-/m1/s1. The zero-order chi connectivity index (χ0) is 18.4. The van der Waals surface area contributed by atoms with Crippen LogP contribution in [0, 0.1) is 0 Å². The number of ether oxygens (including phenoxy) is 2. The van der Waals surface area contributed by atoms with E-state index in [0.717, 1.165) is 13.0 Å². The second-order valence-corrected chi connectivity index (χ2v) is 5.13. The molecular formula is C13H20N2O9. The van der Waals surface area contributed by atoms with Gasteiger partial charge < -0.3 is 41.0 Å². The molecule has 0 bridgehead atoms. The van der Waals surface area contributed by atoms with Crippen molar-refractivity contribution >= 4 is 17.8 Å². The van der Waals surface area contributed by atoms with E-state index in [1.165, 1.54) is 0 Å². The van der Waals surface area contributed by atoms with Crippen LogP contribution in [0.2, 0.25) is 0 Å². The number of carboxylic acids is 1. The van der Waals surface area contributed by atoms with Crippen LogP contribution in [0.25, 0.3) is 0 Å². The van der Waals surface area contributed by atoms with Gasteiger partial charge in [-0.3, -0.25) is 9.59 Å². The maximum atomic E-state index is 11.4. The molecule has 7 N–H and O–H groups in total. The van der Waals surface area contributed by atoms with E-state index in [-0.39, 0.29) is 0 Å². The third-order valence-electron chi connectivity index (χ3n) is 3.20. The first kappa shape index (κ1) is 19.8. The summed E-state index contributed by atoms with van der Waals surface area (Å²) in [6, 6.07) is -1.14.